The molecule has 0 bridgehead atoms. The molecule has 7 heteroatoms. The maximum Gasteiger partial charge on any atom is 0.254 e. The molecule has 2 aliphatic rings. The molecule has 0 saturated carbocycles. The van der Waals surface area contributed by atoms with Crippen molar-refractivity contribution in [1.29, 1.82) is 0 Å². The molecule has 1 amide bonds. The maximum atomic E-state index is 13.0. The van der Waals surface area contributed by atoms with Crippen molar-refractivity contribution < 1.29 is 14.3 Å². The summed E-state index contributed by atoms with van der Waals surface area (Å²) in [7, 11) is 0. The molecule has 0 spiro atoms. The van der Waals surface area contributed by atoms with Gasteiger partial charge >= 0.3 is 0 Å². The van der Waals surface area contributed by atoms with Gasteiger partial charge in [-0.3, -0.25) is 4.79 Å². The molecule has 1 aromatic heterocycles. The molecule has 1 fully saturated rings. The highest BCUT2D eigenvalue weighted by molar-refractivity contribution is 5.95. The number of rotatable bonds is 4. The van der Waals surface area contributed by atoms with E-state index in [0.717, 1.165) is 42.4 Å². The molecule has 1 saturated heterocycles. The quantitative estimate of drug-likeness (QED) is 0.632. The Kier molecular flexibility index (Phi) is 5.39. The second kappa shape index (κ2) is 8.49. The Bertz CT molecular complexity index is 1140. The Morgan fingerprint density at radius 1 is 0.938 bits per heavy atom. The summed E-state index contributed by atoms with van der Waals surface area (Å²) in [6, 6.07) is 15.8. The molecule has 3 heterocycles. The van der Waals surface area contributed by atoms with Crippen LogP contribution in [0.1, 0.15) is 33.0 Å². The zero-order valence-corrected chi connectivity index (χ0v) is 18.4. The number of nitrogens with zero attached hydrogens (tertiary/aromatic N) is 4. The highest BCUT2D eigenvalue weighted by Crippen LogP contribution is 2.33. The van der Waals surface area contributed by atoms with Gasteiger partial charge in [0.05, 0.1) is 0 Å². The molecule has 5 rings (SSSR count). The minimum atomic E-state index is 0.0162. The van der Waals surface area contributed by atoms with Crippen LogP contribution in [0.2, 0.25) is 0 Å². The third-order valence-electron chi connectivity index (χ3n) is 6.01. The first-order chi connectivity index (χ1) is 15.6. The minimum absolute atomic E-state index is 0.0162. The van der Waals surface area contributed by atoms with E-state index in [4.69, 9.17) is 14.5 Å². The summed E-state index contributed by atoms with van der Waals surface area (Å²) in [5.41, 5.74) is 4.02. The van der Waals surface area contributed by atoms with Crippen molar-refractivity contribution in [2.24, 2.45) is 0 Å². The van der Waals surface area contributed by atoms with E-state index in [-0.39, 0.29) is 12.7 Å². The average Bonchev–Trinajstić information content (AvgIpc) is 3.29. The van der Waals surface area contributed by atoms with E-state index >= 15 is 0 Å². The van der Waals surface area contributed by atoms with Gasteiger partial charge < -0.3 is 19.3 Å². The van der Waals surface area contributed by atoms with Crippen molar-refractivity contribution in [3.8, 4) is 11.5 Å². The van der Waals surface area contributed by atoms with E-state index in [9.17, 15) is 4.79 Å². The van der Waals surface area contributed by atoms with Crippen molar-refractivity contribution in [3.63, 3.8) is 0 Å². The smallest absolute Gasteiger partial charge is 0.254 e. The predicted molar refractivity (Wildman–Crippen MR) is 121 cm³/mol. The number of benzene rings is 2. The number of hydrogen-bond donors (Lipinski definition) is 0. The first kappa shape index (κ1) is 20.3. The third-order valence-corrected chi connectivity index (χ3v) is 6.01. The summed E-state index contributed by atoms with van der Waals surface area (Å²) in [6.07, 6.45) is 0.790. The van der Waals surface area contributed by atoms with Crippen LogP contribution in [-0.2, 0) is 6.42 Å². The van der Waals surface area contributed by atoms with Crippen LogP contribution < -0.4 is 14.4 Å². The summed E-state index contributed by atoms with van der Waals surface area (Å²) >= 11 is 0. The number of fused-ring (bicyclic) bond motifs is 1. The van der Waals surface area contributed by atoms with E-state index < -0.39 is 0 Å². The molecule has 0 atom stereocenters. The number of piperazine rings is 1. The van der Waals surface area contributed by atoms with Crippen LogP contribution >= 0.6 is 0 Å². The molecular formula is C25H26N4O3. The van der Waals surface area contributed by atoms with E-state index in [1.165, 1.54) is 5.56 Å². The molecular weight excluding hydrogens is 404 g/mol. The standard InChI is InChI=1S/C25H26N4O3/c1-17-21(14-19-6-4-3-5-7-19)24(27-18(2)26-17)28-10-12-29(13-11-28)25(30)20-8-9-22-23(15-20)32-16-31-22/h3-9,15H,10-14,16H2,1-2H3. The van der Waals surface area contributed by atoms with E-state index in [1.54, 1.807) is 18.2 Å². The summed E-state index contributed by atoms with van der Waals surface area (Å²) in [4.78, 5) is 26.6. The molecule has 164 valence electrons. The van der Waals surface area contributed by atoms with Gasteiger partial charge in [0, 0.05) is 49.4 Å². The third kappa shape index (κ3) is 3.98. The van der Waals surface area contributed by atoms with Gasteiger partial charge in [0.1, 0.15) is 11.6 Å². The van der Waals surface area contributed by atoms with Crippen LogP contribution in [0.25, 0.3) is 0 Å². The minimum Gasteiger partial charge on any atom is -0.454 e. The van der Waals surface area contributed by atoms with Gasteiger partial charge in [0.15, 0.2) is 11.5 Å². The van der Waals surface area contributed by atoms with Crippen molar-refractivity contribution in [3.05, 3.63) is 76.7 Å². The normalized spacial score (nSPS) is 15.2. The fraction of sp³-hybridized carbons (Fsp3) is 0.320. The molecule has 0 N–H and O–H groups in total. The van der Waals surface area contributed by atoms with Gasteiger partial charge in [0.2, 0.25) is 6.79 Å². The highest BCUT2D eigenvalue weighted by Gasteiger charge is 2.26. The Morgan fingerprint density at radius 3 is 2.47 bits per heavy atom. The summed E-state index contributed by atoms with van der Waals surface area (Å²) in [6.45, 7) is 6.93. The van der Waals surface area contributed by atoms with Crippen LogP contribution in [0, 0.1) is 13.8 Å². The fourth-order valence-electron chi connectivity index (χ4n) is 4.32. The van der Waals surface area contributed by atoms with E-state index in [1.807, 2.05) is 17.9 Å². The molecule has 2 aliphatic heterocycles. The number of amides is 1. The Balaban J connectivity index is 1.32. The van der Waals surface area contributed by atoms with Crippen molar-refractivity contribution in [1.82, 2.24) is 14.9 Å². The first-order valence-electron chi connectivity index (χ1n) is 10.9. The zero-order valence-electron chi connectivity index (χ0n) is 18.4. The van der Waals surface area contributed by atoms with E-state index in [0.29, 0.717) is 30.2 Å². The number of carbonyl (C=O) groups is 1. The number of aryl methyl sites for hydroxylation is 2. The lowest BCUT2D eigenvalue weighted by Gasteiger charge is -2.36. The maximum absolute atomic E-state index is 13.0. The van der Waals surface area contributed by atoms with Gasteiger partial charge in [-0.1, -0.05) is 30.3 Å². The summed E-state index contributed by atoms with van der Waals surface area (Å²) in [5, 5.41) is 0. The van der Waals surface area contributed by atoms with Crippen LogP contribution in [0.5, 0.6) is 11.5 Å². The number of ether oxygens (including phenoxy) is 2. The van der Waals surface area contributed by atoms with Gasteiger partial charge in [-0.25, -0.2) is 9.97 Å². The molecule has 0 unspecified atom stereocenters. The molecule has 2 aromatic carbocycles. The van der Waals surface area contributed by atoms with Gasteiger partial charge in [-0.05, 0) is 37.6 Å². The lowest BCUT2D eigenvalue weighted by Crippen LogP contribution is -2.49. The zero-order chi connectivity index (χ0) is 22.1. The molecule has 7 nitrogen and oxygen atoms in total. The number of carbonyl (C=O) groups excluding carboxylic acids is 1. The molecule has 3 aromatic rings. The largest absolute Gasteiger partial charge is 0.454 e. The van der Waals surface area contributed by atoms with E-state index in [2.05, 4.69) is 41.1 Å². The Morgan fingerprint density at radius 2 is 1.69 bits per heavy atom. The Hall–Kier alpha value is -3.61. The van der Waals surface area contributed by atoms with Crippen molar-refractivity contribution >= 4 is 11.7 Å². The summed E-state index contributed by atoms with van der Waals surface area (Å²) < 4.78 is 10.8. The SMILES string of the molecule is Cc1nc(C)c(Cc2ccccc2)c(N2CCN(C(=O)c3ccc4c(c3)OCO4)CC2)n1. The second-order valence-electron chi connectivity index (χ2n) is 8.17. The van der Waals surface area contributed by atoms with Gasteiger partial charge in [-0.2, -0.15) is 0 Å². The van der Waals surface area contributed by atoms with Crippen molar-refractivity contribution in [2.75, 3.05) is 37.9 Å². The predicted octanol–water partition coefficient (Wildman–Crippen LogP) is 3.38. The van der Waals surface area contributed by atoms with Crippen LogP contribution in [0.15, 0.2) is 48.5 Å². The topological polar surface area (TPSA) is 67.8 Å². The van der Waals surface area contributed by atoms with Gasteiger partial charge in [0.25, 0.3) is 5.91 Å². The van der Waals surface area contributed by atoms with Crippen LogP contribution in [0.4, 0.5) is 5.82 Å². The second-order valence-corrected chi connectivity index (χ2v) is 8.17. The molecule has 0 aliphatic carbocycles. The molecule has 32 heavy (non-hydrogen) atoms. The van der Waals surface area contributed by atoms with Crippen molar-refractivity contribution in [2.45, 2.75) is 20.3 Å². The lowest BCUT2D eigenvalue weighted by atomic mass is 10.0. The highest BCUT2D eigenvalue weighted by atomic mass is 16.7. The first-order valence-corrected chi connectivity index (χ1v) is 10.9. The fourth-order valence-corrected chi connectivity index (χ4v) is 4.32. The average molecular weight is 431 g/mol. The Labute approximate surface area is 187 Å². The number of anilines is 1. The molecule has 0 radical (unpaired) electrons. The van der Waals surface area contributed by atoms with Crippen LogP contribution in [-0.4, -0.2) is 53.7 Å². The lowest BCUT2D eigenvalue weighted by molar-refractivity contribution is 0.0746. The van der Waals surface area contributed by atoms with Crippen LogP contribution in [0.3, 0.4) is 0 Å². The monoisotopic (exact) mass is 430 g/mol. The number of aromatic nitrogens is 2. The number of hydrogen-bond acceptors (Lipinski definition) is 6. The summed E-state index contributed by atoms with van der Waals surface area (Å²) in [5.74, 6) is 3.09. The van der Waals surface area contributed by atoms with Gasteiger partial charge in [-0.15, -0.1) is 0 Å².